The lowest BCUT2D eigenvalue weighted by atomic mass is 10.1. The summed E-state index contributed by atoms with van der Waals surface area (Å²) < 4.78 is 0. The van der Waals surface area contributed by atoms with Crippen LogP contribution in [0.5, 0.6) is 0 Å². The van der Waals surface area contributed by atoms with Crippen molar-refractivity contribution in [3.8, 4) is 6.07 Å². The number of benzene rings is 2. The number of nitriles is 1. The molecule has 0 aliphatic carbocycles. The van der Waals surface area contributed by atoms with Crippen LogP contribution < -0.4 is 15.1 Å². The zero-order chi connectivity index (χ0) is 19.9. The lowest BCUT2D eigenvalue weighted by Crippen LogP contribution is -2.41. The van der Waals surface area contributed by atoms with E-state index < -0.39 is 0 Å². The van der Waals surface area contributed by atoms with Gasteiger partial charge < -0.3 is 20.0 Å². The van der Waals surface area contributed by atoms with Gasteiger partial charge in [0.1, 0.15) is 6.07 Å². The molecular formula is C22H27N5O. The van der Waals surface area contributed by atoms with Crippen LogP contribution in [-0.4, -0.2) is 51.2 Å². The molecule has 0 spiro atoms. The molecule has 1 aliphatic rings. The summed E-state index contributed by atoms with van der Waals surface area (Å²) in [6, 6.07) is 18.1. The van der Waals surface area contributed by atoms with E-state index in [1.807, 2.05) is 55.4 Å². The van der Waals surface area contributed by atoms with Crippen LogP contribution in [0, 0.1) is 11.3 Å². The average molecular weight is 377 g/mol. The minimum absolute atomic E-state index is 0.0351. The standard InChI is InChI=1S/C22H27N5O/c1-25(2)20-10-8-18(9-11-20)17-24-22(28)27-13-5-12-26(14-15-27)21-7-4-3-6-19(21)16-23/h3-4,6-11H,5,12-15,17H2,1-2H3,(H,24,28). The Hall–Kier alpha value is -3.20. The fraction of sp³-hybridized carbons (Fsp3) is 0.364. The van der Waals surface area contributed by atoms with E-state index in [2.05, 4.69) is 33.3 Å². The van der Waals surface area contributed by atoms with Gasteiger partial charge in [-0.05, 0) is 36.2 Å². The number of amides is 2. The van der Waals surface area contributed by atoms with Crippen molar-refractivity contribution >= 4 is 17.4 Å². The molecule has 1 saturated heterocycles. The molecule has 1 heterocycles. The minimum Gasteiger partial charge on any atom is -0.378 e. The summed E-state index contributed by atoms with van der Waals surface area (Å²) in [7, 11) is 4.02. The Morgan fingerprint density at radius 3 is 2.54 bits per heavy atom. The van der Waals surface area contributed by atoms with Crippen molar-refractivity contribution in [1.29, 1.82) is 5.26 Å². The lowest BCUT2D eigenvalue weighted by molar-refractivity contribution is 0.201. The second-order valence-corrected chi connectivity index (χ2v) is 7.18. The second kappa shape index (κ2) is 9.14. The Labute approximate surface area is 167 Å². The van der Waals surface area contributed by atoms with Crippen molar-refractivity contribution in [2.75, 3.05) is 50.1 Å². The number of anilines is 2. The zero-order valence-electron chi connectivity index (χ0n) is 16.6. The summed E-state index contributed by atoms with van der Waals surface area (Å²) in [5, 5.41) is 12.4. The maximum Gasteiger partial charge on any atom is 0.317 e. The fourth-order valence-electron chi connectivity index (χ4n) is 3.41. The van der Waals surface area contributed by atoms with Gasteiger partial charge in [-0.25, -0.2) is 4.79 Å². The normalized spacial score (nSPS) is 14.2. The summed E-state index contributed by atoms with van der Waals surface area (Å²) in [5.41, 5.74) is 3.86. The summed E-state index contributed by atoms with van der Waals surface area (Å²) >= 11 is 0. The Kier molecular flexibility index (Phi) is 6.38. The van der Waals surface area contributed by atoms with E-state index in [1.165, 1.54) is 0 Å². The number of para-hydroxylation sites is 1. The van der Waals surface area contributed by atoms with Gasteiger partial charge in [0.15, 0.2) is 0 Å². The van der Waals surface area contributed by atoms with Crippen molar-refractivity contribution in [3.05, 3.63) is 59.7 Å². The maximum atomic E-state index is 12.6. The number of rotatable bonds is 4. The lowest BCUT2D eigenvalue weighted by Gasteiger charge is -2.24. The van der Waals surface area contributed by atoms with E-state index in [-0.39, 0.29) is 6.03 Å². The highest BCUT2D eigenvalue weighted by molar-refractivity contribution is 5.74. The van der Waals surface area contributed by atoms with Crippen molar-refractivity contribution < 1.29 is 4.79 Å². The number of carbonyl (C=O) groups excluding carboxylic acids is 1. The fourth-order valence-corrected chi connectivity index (χ4v) is 3.41. The third-order valence-electron chi connectivity index (χ3n) is 5.04. The highest BCUT2D eigenvalue weighted by Crippen LogP contribution is 2.21. The predicted octanol–water partition coefficient (Wildman–Crippen LogP) is 3.05. The molecule has 2 amide bonds. The van der Waals surface area contributed by atoms with Crippen molar-refractivity contribution in [1.82, 2.24) is 10.2 Å². The molecule has 0 unspecified atom stereocenters. The smallest absolute Gasteiger partial charge is 0.317 e. The van der Waals surface area contributed by atoms with E-state index in [0.717, 1.165) is 43.0 Å². The van der Waals surface area contributed by atoms with Crippen LogP contribution in [-0.2, 0) is 6.54 Å². The van der Waals surface area contributed by atoms with Gasteiger partial charge in [0.25, 0.3) is 0 Å². The molecule has 1 aliphatic heterocycles. The van der Waals surface area contributed by atoms with E-state index in [4.69, 9.17) is 0 Å². The highest BCUT2D eigenvalue weighted by Gasteiger charge is 2.20. The topological polar surface area (TPSA) is 62.6 Å². The third-order valence-corrected chi connectivity index (χ3v) is 5.04. The van der Waals surface area contributed by atoms with Gasteiger partial charge in [0.05, 0.1) is 11.3 Å². The molecule has 28 heavy (non-hydrogen) atoms. The van der Waals surface area contributed by atoms with Crippen LogP contribution in [0.4, 0.5) is 16.2 Å². The molecule has 0 bridgehead atoms. The molecule has 0 saturated carbocycles. The molecular weight excluding hydrogens is 350 g/mol. The number of carbonyl (C=O) groups is 1. The largest absolute Gasteiger partial charge is 0.378 e. The van der Waals surface area contributed by atoms with Crippen LogP contribution in [0.1, 0.15) is 17.5 Å². The van der Waals surface area contributed by atoms with Gasteiger partial charge in [-0.15, -0.1) is 0 Å². The minimum atomic E-state index is -0.0351. The Morgan fingerprint density at radius 1 is 1.07 bits per heavy atom. The number of urea groups is 1. The van der Waals surface area contributed by atoms with Crippen molar-refractivity contribution in [3.63, 3.8) is 0 Å². The van der Waals surface area contributed by atoms with E-state index in [1.54, 1.807) is 0 Å². The summed E-state index contributed by atoms with van der Waals surface area (Å²) in [6.45, 7) is 3.45. The predicted molar refractivity (Wildman–Crippen MR) is 113 cm³/mol. The maximum absolute atomic E-state index is 12.6. The number of hydrogen-bond donors (Lipinski definition) is 1. The highest BCUT2D eigenvalue weighted by atomic mass is 16.2. The average Bonchev–Trinajstić information content (AvgIpc) is 2.98. The molecule has 6 heteroatoms. The monoisotopic (exact) mass is 377 g/mol. The third kappa shape index (κ3) is 4.74. The quantitative estimate of drug-likeness (QED) is 0.890. The first-order chi connectivity index (χ1) is 13.6. The number of nitrogens with one attached hydrogen (secondary N) is 1. The molecule has 0 radical (unpaired) electrons. The number of hydrogen-bond acceptors (Lipinski definition) is 4. The first-order valence-corrected chi connectivity index (χ1v) is 9.61. The van der Waals surface area contributed by atoms with Crippen molar-refractivity contribution in [2.24, 2.45) is 0 Å². The van der Waals surface area contributed by atoms with Crippen LogP contribution in [0.2, 0.25) is 0 Å². The second-order valence-electron chi connectivity index (χ2n) is 7.18. The molecule has 0 atom stereocenters. The molecule has 6 nitrogen and oxygen atoms in total. The molecule has 1 fully saturated rings. The SMILES string of the molecule is CN(C)c1ccc(CNC(=O)N2CCCN(c3ccccc3C#N)CC2)cc1. The molecule has 0 aromatic heterocycles. The Balaban J connectivity index is 1.55. The van der Waals surface area contributed by atoms with Gasteiger partial charge in [-0.1, -0.05) is 24.3 Å². The summed E-state index contributed by atoms with van der Waals surface area (Å²) in [6.07, 6.45) is 0.880. The molecule has 3 rings (SSSR count). The van der Waals surface area contributed by atoms with Crippen LogP contribution >= 0.6 is 0 Å². The first kappa shape index (κ1) is 19.6. The summed E-state index contributed by atoms with van der Waals surface area (Å²) in [4.78, 5) is 18.7. The van der Waals surface area contributed by atoms with Gasteiger partial charge in [0, 0.05) is 52.5 Å². The zero-order valence-corrected chi connectivity index (χ0v) is 16.6. The van der Waals surface area contributed by atoms with Gasteiger partial charge in [0.2, 0.25) is 0 Å². The van der Waals surface area contributed by atoms with Crippen molar-refractivity contribution in [2.45, 2.75) is 13.0 Å². The molecule has 146 valence electrons. The van der Waals surface area contributed by atoms with Gasteiger partial charge in [-0.3, -0.25) is 0 Å². The molecule has 1 N–H and O–H groups in total. The summed E-state index contributed by atoms with van der Waals surface area (Å²) in [5.74, 6) is 0. The Bertz CT molecular complexity index is 841. The first-order valence-electron chi connectivity index (χ1n) is 9.61. The van der Waals surface area contributed by atoms with Gasteiger partial charge in [-0.2, -0.15) is 5.26 Å². The van der Waals surface area contributed by atoms with Gasteiger partial charge >= 0.3 is 6.03 Å². The Morgan fingerprint density at radius 2 is 1.82 bits per heavy atom. The van der Waals surface area contributed by atoms with Crippen LogP contribution in [0.15, 0.2) is 48.5 Å². The van der Waals surface area contributed by atoms with Crippen LogP contribution in [0.25, 0.3) is 0 Å². The van der Waals surface area contributed by atoms with E-state index >= 15 is 0 Å². The van der Waals surface area contributed by atoms with E-state index in [9.17, 15) is 10.1 Å². The molecule has 2 aromatic carbocycles. The van der Waals surface area contributed by atoms with Crippen LogP contribution in [0.3, 0.4) is 0 Å². The van der Waals surface area contributed by atoms with E-state index in [0.29, 0.717) is 18.7 Å². The molecule has 2 aromatic rings. The number of nitrogens with zero attached hydrogens (tertiary/aromatic N) is 4.